The Morgan fingerprint density at radius 2 is 1.96 bits per heavy atom. The molecule has 1 aromatic carbocycles. The number of aliphatic imine (C=N–C) groups is 1. The van der Waals surface area contributed by atoms with E-state index in [-0.39, 0.29) is 0 Å². The quantitative estimate of drug-likeness (QED) is 0.630. The van der Waals surface area contributed by atoms with Crippen molar-refractivity contribution in [3.8, 4) is 5.75 Å². The van der Waals surface area contributed by atoms with Crippen LogP contribution in [0.5, 0.6) is 5.75 Å². The third-order valence-electron chi connectivity index (χ3n) is 3.65. The highest BCUT2D eigenvalue weighted by atomic mass is 35.5. The summed E-state index contributed by atoms with van der Waals surface area (Å²) in [7, 11) is 0. The molecule has 0 radical (unpaired) electrons. The molecule has 3 rings (SSSR count). The maximum Gasteiger partial charge on any atom is 0.216 e. The van der Waals surface area contributed by atoms with Gasteiger partial charge in [-0.1, -0.05) is 11.6 Å². The Labute approximate surface area is 145 Å². The van der Waals surface area contributed by atoms with Crippen LogP contribution in [0.25, 0.3) is 0 Å². The van der Waals surface area contributed by atoms with Crippen LogP contribution in [0.2, 0.25) is 4.34 Å². The fourth-order valence-corrected chi connectivity index (χ4v) is 3.59. The number of nitrogens with zero attached hydrogens (tertiary/aromatic N) is 1. The Kier molecular flexibility index (Phi) is 5.94. The third-order valence-corrected chi connectivity index (χ3v) is 4.94. The van der Waals surface area contributed by atoms with Crippen molar-refractivity contribution >= 4 is 28.8 Å². The van der Waals surface area contributed by atoms with Gasteiger partial charge in [0.15, 0.2) is 0 Å². The summed E-state index contributed by atoms with van der Waals surface area (Å²) >= 11 is 7.60. The summed E-state index contributed by atoms with van der Waals surface area (Å²) in [6.07, 6.45) is 4.51. The van der Waals surface area contributed by atoms with Gasteiger partial charge in [0.1, 0.15) is 12.4 Å². The van der Waals surface area contributed by atoms with Gasteiger partial charge in [-0.05, 0) is 62.1 Å². The molecule has 0 saturated carbocycles. The van der Waals surface area contributed by atoms with Crippen molar-refractivity contribution < 1.29 is 9.47 Å². The van der Waals surface area contributed by atoms with Gasteiger partial charge >= 0.3 is 0 Å². The van der Waals surface area contributed by atoms with E-state index in [1.54, 1.807) is 11.3 Å². The summed E-state index contributed by atoms with van der Waals surface area (Å²) < 4.78 is 12.1. The maximum atomic E-state index is 5.93. The monoisotopic (exact) mass is 349 g/mol. The average Bonchev–Trinajstić information content (AvgIpc) is 3.23. The van der Waals surface area contributed by atoms with Crippen molar-refractivity contribution in [1.82, 2.24) is 0 Å². The Bertz CT molecular complexity index is 651. The summed E-state index contributed by atoms with van der Waals surface area (Å²) in [5.74, 6) is 1.64. The molecule has 0 fully saturated rings. The lowest BCUT2D eigenvalue weighted by atomic mass is 10.2. The predicted octanol–water partition coefficient (Wildman–Crippen LogP) is 4.97. The Balaban J connectivity index is 1.32. The van der Waals surface area contributed by atoms with Gasteiger partial charge in [0.2, 0.25) is 5.90 Å². The standard InChI is InChI=1S/C18H20ClNO2S/c19-17-10-9-16(23-17)4-2-1-3-12-21-15-7-5-14(6-8-15)18-20-11-13-22-18/h5-10H,1-4,11-13H2. The number of unbranched alkanes of at least 4 members (excludes halogenated alkanes) is 2. The van der Waals surface area contributed by atoms with Gasteiger partial charge in [0.25, 0.3) is 0 Å². The van der Waals surface area contributed by atoms with E-state index < -0.39 is 0 Å². The Morgan fingerprint density at radius 1 is 1.09 bits per heavy atom. The summed E-state index contributed by atoms with van der Waals surface area (Å²) in [6, 6.07) is 12.0. The fraction of sp³-hybridized carbons (Fsp3) is 0.389. The zero-order chi connectivity index (χ0) is 15.9. The highest BCUT2D eigenvalue weighted by Gasteiger charge is 2.09. The number of thiophene rings is 1. The minimum atomic E-state index is 0.686. The van der Waals surface area contributed by atoms with E-state index in [1.165, 1.54) is 11.3 Å². The topological polar surface area (TPSA) is 30.8 Å². The third kappa shape index (κ3) is 4.98. The first kappa shape index (κ1) is 16.3. The van der Waals surface area contributed by atoms with Crippen LogP contribution >= 0.6 is 22.9 Å². The lowest BCUT2D eigenvalue weighted by molar-refractivity contribution is 0.305. The first-order valence-electron chi connectivity index (χ1n) is 7.96. The second-order valence-electron chi connectivity index (χ2n) is 5.42. The van der Waals surface area contributed by atoms with Crippen molar-refractivity contribution in [1.29, 1.82) is 0 Å². The molecule has 2 aromatic rings. The van der Waals surface area contributed by atoms with Gasteiger partial charge in [-0.2, -0.15) is 0 Å². The normalized spacial score (nSPS) is 13.7. The van der Waals surface area contributed by atoms with Gasteiger partial charge in [0.05, 0.1) is 17.5 Å². The average molecular weight is 350 g/mol. The lowest BCUT2D eigenvalue weighted by Gasteiger charge is -2.07. The van der Waals surface area contributed by atoms with Crippen molar-refractivity contribution in [2.45, 2.75) is 25.7 Å². The molecule has 3 nitrogen and oxygen atoms in total. The number of halogens is 1. The van der Waals surface area contributed by atoms with E-state index in [0.29, 0.717) is 6.61 Å². The highest BCUT2D eigenvalue weighted by molar-refractivity contribution is 7.16. The first-order chi connectivity index (χ1) is 11.3. The zero-order valence-electron chi connectivity index (χ0n) is 13.0. The van der Waals surface area contributed by atoms with E-state index in [0.717, 1.165) is 54.0 Å². The van der Waals surface area contributed by atoms with Crippen LogP contribution < -0.4 is 4.74 Å². The number of benzene rings is 1. The number of hydrogen-bond donors (Lipinski definition) is 0. The smallest absolute Gasteiger partial charge is 0.216 e. The maximum absolute atomic E-state index is 5.93. The van der Waals surface area contributed by atoms with Crippen molar-refractivity contribution in [2.24, 2.45) is 4.99 Å². The largest absolute Gasteiger partial charge is 0.494 e. The van der Waals surface area contributed by atoms with E-state index in [2.05, 4.69) is 11.1 Å². The fourth-order valence-electron chi connectivity index (χ4n) is 2.46. The molecule has 2 heterocycles. The number of rotatable bonds is 8. The van der Waals surface area contributed by atoms with Gasteiger partial charge < -0.3 is 9.47 Å². The molecule has 1 aromatic heterocycles. The minimum absolute atomic E-state index is 0.686. The number of aryl methyl sites for hydroxylation is 1. The molecule has 23 heavy (non-hydrogen) atoms. The van der Waals surface area contributed by atoms with Crippen LogP contribution in [0.4, 0.5) is 0 Å². The van der Waals surface area contributed by atoms with Crippen molar-refractivity contribution in [3.05, 3.63) is 51.2 Å². The van der Waals surface area contributed by atoms with Crippen LogP contribution in [-0.4, -0.2) is 25.7 Å². The van der Waals surface area contributed by atoms with Gasteiger partial charge in [-0.3, -0.25) is 0 Å². The minimum Gasteiger partial charge on any atom is -0.494 e. The van der Waals surface area contributed by atoms with Crippen molar-refractivity contribution in [3.63, 3.8) is 0 Å². The number of hydrogen-bond acceptors (Lipinski definition) is 4. The summed E-state index contributed by atoms with van der Waals surface area (Å²) in [6.45, 7) is 2.19. The summed E-state index contributed by atoms with van der Waals surface area (Å²) in [5.41, 5.74) is 1.02. The lowest BCUT2D eigenvalue weighted by Crippen LogP contribution is -2.01. The molecule has 122 valence electrons. The molecule has 0 N–H and O–H groups in total. The van der Waals surface area contributed by atoms with Crippen LogP contribution in [0.1, 0.15) is 29.7 Å². The Morgan fingerprint density at radius 3 is 2.65 bits per heavy atom. The van der Waals surface area contributed by atoms with E-state index in [1.807, 2.05) is 30.3 Å². The molecule has 0 atom stereocenters. The zero-order valence-corrected chi connectivity index (χ0v) is 14.5. The Hall–Kier alpha value is -1.52. The van der Waals surface area contributed by atoms with Gasteiger partial charge in [-0.15, -0.1) is 11.3 Å². The summed E-state index contributed by atoms with van der Waals surface area (Å²) in [5, 5.41) is 0. The van der Waals surface area contributed by atoms with E-state index in [9.17, 15) is 0 Å². The predicted molar refractivity (Wildman–Crippen MR) is 96.2 cm³/mol. The molecule has 0 amide bonds. The molecule has 0 unspecified atom stereocenters. The van der Waals surface area contributed by atoms with Crippen LogP contribution in [-0.2, 0) is 11.2 Å². The van der Waals surface area contributed by atoms with Crippen molar-refractivity contribution in [2.75, 3.05) is 19.8 Å². The molecule has 0 saturated heterocycles. The molecular formula is C18H20ClNO2S. The second-order valence-corrected chi connectivity index (χ2v) is 7.22. The highest BCUT2D eigenvalue weighted by Crippen LogP contribution is 2.23. The molecule has 0 aliphatic carbocycles. The van der Waals surface area contributed by atoms with E-state index in [4.69, 9.17) is 21.1 Å². The van der Waals surface area contributed by atoms with E-state index >= 15 is 0 Å². The van der Waals surface area contributed by atoms with Crippen LogP contribution in [0.3, 0.4) is 0 Å². The molecular weight excluding hydrogens is 330 g/mol. The molecule has 5 heteroatoms. The van der Waals surface area contributed by atoms with Crippen LogP contribution in [0, 0.1) is 0 Å². The molecule has 1 aliphatic heterocycles. The molecule has 1 aliphatic rings. The second kappa shape index (κ2) is 8.37. The van der Waals surface area contributed by atoms with Gasteiger partial charge in [0, 0.05) is 10.4 Å². The summed E-state index contributed by atoms with van der Waals surface area (Å²) in [4.78, 5) is 5.67. The first-order valence-corrected chi connectivity index (χ1v) is 9.15. The molecule has 0 spiro atoms. The molecule has 0 bridgehead atoms. The van der Waals surface area contributed by atoms with Crippen LogP contribution in [0.15, 0.2) is 41.4 Å². The van der Waals surface area contributed by atoms with Gasteiger partial charge in [-0.25, -0.2) is 4.99 Å². The SMILES string of the molecule is Clc1ccc(CCCCCOc2ccc(C3=NCCO3)cc2)s1. The number of ether oxygens (including phenoxy) is 2.